The SMILES string of the molecule is CN1CCN(CCC(=O)Nc2ccc3c(=O)n(CC4(O)CCN(C(=O)[C@H](CCCCC(=O)c5ccc6c(Cl)c7c(nc6c5)CCCC7)Cc5ccccc5)CC4)cnc3c2)CC1. The minimum atomic E-state index is -1.19. The second kappa shape index (κ2) is 19.6. The van der Waals surface area contributed by atoms with Crippen LogP contribution in [0.3, 0.4) is 0 Å². The van der Waals surface area contributed by atoms with Crippen molar-refractivity contribution in [1.82, 2.24) is 29.2 Å². The van der Waals surface area contributed by atoms with E-state index in [9.17, 15) is 24.3 Å². The van der Waals surface area contributed by atoms with Crippen LogP contribution in [0.5, 0.6) is 0 Å². The molecule has 0 radical (unpaired) electrons. The van der Waals surface area contributed by atoms with E-state index >= 15 is 0 Å². The molecule has 2 aromatic heterocycles. The number of halogens is 1. The van der Waals surface area contributed by atoms with Crippen molar-refractivity contribution in [3.8, 4) is 0 Å². The maximum absolute atomic E-state index is 14.2. The molecule has 326 valence electrons. The van der Waals surface area contributed by atoms with Crippen LogP contribution in [0.25, 0.3) is 21.8 Å². The number of benzene rings is 3. The smallest absolute Gasteiger partial charge is 0.261 e. The number of anilines is 1. The van der Waals surface area contributed by atoms with Gasteiger partial charge in [-0.05, 0) is 100 Å². The molecule has 2 saturated heterocycles. The summed E-state index contributed by atoms with van der Waals surface area (Å²) >= 11 is 6.78. The van der Waals surface area contributed by atoms with Crippen LogP contribution < -0.4 is 10.9 Å². The van der Waals surface area contributed by atoms with Gasteiger partial charge in [-0.25, -0.2) is 4.98 Å². The zero-order chi connectivity index (χ0) is 43.2. The number of pyridine rings is 1. The zero-order valence-electron chi connectivity index (χ0n) is 35.8. The molecule has 5 aromatic rings. The van der Waals surface area contributed by atoms with Crippen LogP contribution in [0.4, 0.5) is 5.69 Å². The number of nitrogens with one attached hydrogen (secondary N) is 1. The average Bonchev–Trinajstić information content (AvgIpc) is 3.28. The summed E-state index contributed by atoms with van der Waals surface area (Å²) in [5.74, 6) is -0.239. The van der Waals surface area contributed by atoms with Crippen molar-refractivity contribution in [2.24, 2.45) is 5.92 Å². The lowest BCUT2D eigenvalue weighted by atomic mass is 9.88. The van der Waals surface area contributed by atoms with Gasteiger partial charge in [-0.1, -0.05) is 60.5 Å². The van der Waals surface area contributed by atoms with E-state index in [0.717, 1.165) is 91.0 Å². The van der Waals surface area contributed by atoms with Crippen molar-refractivity contribution >= 4 is 56.7 Å². The maximum Gasteiger partial charge on any atom is 0.261 e. The third-order valence-corrected chi connectivity index (χ3v) is 13.7. The Kier molecular flexibility index (Phi) is 13.8. The summed E-state index contributed by atoms with van der Waals surface area (Å²) in [6.07, 6.45) is 9.57. The number of aryl methyl sites for hydroxylation is 1. The molecule has 13 heteroatoms. The largest absolute Gasteiger partial charge is 0.388 e. The van der Waals surface area contributed by atoms with Crippen LogP contribution in [-0.2, 0) is 35.4 Å². The molecule has 3 aliphatic rings. The first-order valence-corrected chi connectivity index (χ1v) is 22.8. The fourth-order valence-electron chi connectivity index (χ4n) is 9.35. The summed E-state index contributed by atoms with van der Waals surface area (Å²) in [5, 5.41) is 16.7. The van der Waals surface area contributed by atoms with Crippen molar-refractivity contribution in [1.29, 1.82) is 0 Å². The average molecular weight is 860 g/mol. The molecule has 2 N–H and O–H groups in total. The Hall–Kier alpha value is -5.01. The molecule has 0 unspecified atom stereocenters. The van der Waals surface area contributed by atoms with E-state index in [0.29, 0.717) is 86.7 Å². The first-order chi connectivity index (χ1) is 30.0. The van der Waals surface area contributed by atoms with E-state index in [1.54, 1.807) is 18.2 Å². The van der Waals surface area contributed by atoms with E-state index in [1.165, 1.54) is 10.9 Å². The number of unbranched alkanes of at least 4 members (excludes halogenated alkanes) is 1. The highest BCUT2D eigenvalue weighted by atomic mass is 35.5. The lowest BCUT2D eigenvalue weighted by Gasteiger charge is -2.39. The number of rotatable bonds is 15. The topological polar surface area (TPSA) is 141 Å². The lowest BCUT2D eigenvalue weighted by molar-refractivity contribution is -0.140. The van der Waals surface area contributed by atoms with Gasteiger partial charge in [-0.3, -0.25) is 28.7 Å². The van der Waals surface area contributed by atoms with Gasteiger partial charge >= 0.3 is 0 Å². The third kappa shape index (κ3) is 10.4. The molecular weight excluding hydrogens is 802 g/mol. The number of hydrogen-bond donors (Lipinski definition) is 2. The molecule has 0 bridgehead atoms. The van der Waals surface area contributed by atoms with Crippen LogP contribution in [0, 0.1) is 5.92 Å². The van der Waals surface area contributed by atoms with E-state index < -0.39 is 5.60 Å². The molecule has 2 amide bonds. The number of nitrogens with zero attached hydrogens (tertiary/aromatic N) is 6. The highest BCUT2D eigenvalue weighted by Crippen LogP contribution is 2.34. The first-order valence-electron chi connectivity index (χ1n) is 22.4. The monoisotopic (exact) mass is 859 g/mol. The number of aliphatic hydroxyl groups is 1. The highest BCUT2D eigenvalue weighted by Gasteiger charge is 2.36. The molecule has 2 fully saturated rings. The van der Waals surface area contributed by atoms with Gasteiger partial charge in [0.05, 0.1) is 39.9 Å². The molecule has 0 spiro atoms. The predicted molar refractivity (Wildman–Crippen MR) is 244 cm³/mol. The van der Waals surface area contributed by atoms with E-state index in [4.69, 9.17) is 16.6 Å². The predicted octanol–water partition coefficient (Wildman–Crippen LogP) is 6.71. The van der Waals surface area contributed by atoms with Gasteiger partial charge in [0.1, 0.15) is 0 Å². The second-order valence-corrected chi connectivity index (χ2v) is 18.1. The highest BCUT2D eigenvalue weighted by molar-refractivity contribution is 6.36. The number of piperazine rings is 1. The number of ketones is 1. The number of amides is 2. The second-order valence-electron chi connectivity index (χ2n) is 17.7. The number of carbonyl (C=O) groups is 3. The number of likely N-dealkylation sites (tertiary alicyclic amines) is 1. The molecule has 3 aromatic carbocycles. The minimum absolute atomic E-state index is 0.0507. The quantitative estimate of drug-likeness (QED) is 0.0869. The van der Waals surface area contributed by atoms with Crippen molar-refractivity contribution in [3.05, 3.63) is 111 Å². The molecule has 8 rings (SSSR count). The van der Waals surface area contributed by atoms with E-state index in [2.05, 4.69) is 27.1 Å². The van der Waals surface area contributed by atoms with Gasteiger partial charge in [0, 0.05) is 86.9 Å². The van der Waals surface area contributed by atoms with Crippen molar-refractivity contribution in [3.63, 3.8) is 0 Å². The van der Waals surface area contributed by atoms with E-state index in [1.807, 2.05) is 53.4 Å². The number of likely N-dealkylation sites (N-methyl/N-ethyl adjacent to an activating group) is 1. The van der Waals surface area contributed by atoms with Gasteiger partial charge in [-0.2, -0.15) is 0 Å². The maximum atomic E-state index is 14.2. The molecular formula is C49H58ClN7O5. The zero-order valence-corrected chi connectivity index (χ0v) is 36.5. The van der Waals surface area contributed by atoms with Crippen molar-refractivity contribution < 1.29 is 19.5 Å². The van der Waals surface area contributed by atoms with Crippen LogP contribution in [-0.4, -0.2) is 110 Å². The summed E-state index contributed by atoms with van der Waals surface area (Å²) in [6.45, 7) is 5.40. The van der Waals surface area contributed by atoms with Crippen LogP contribution in [0.2, 0.25) is 5.02 Å². The first kappa shape index (κ1) is 43.6. The van der Waals surface area contributed by atoms with Gasteiger partial charge in [-0.15, -0.1) is 0 Å². The number of hydrogen-bond acceptors (Lipinski definition) is 9. The standard InChI is InChI=1S/C49H58ClN7O5/c1-54-25-27-55(28-26-54)22-19-45(59)52-37-16-18-40-42(31-37)51-33-57(48(40)61)32-49(62)20-23-56(24-21-49)47(60)36(29-34-9-3-2-4-10-34)11-5-8-14-44(58)35-15-17-39-43(30-35)53-41-13-7-6-12-38(41)46(39)50/h2-4,9-10,15-18,30-31,33,36,62H,5-8,11-14,19-29,32H2,1H3,(H,52,59)/t36-/m1/s1. The fourth-order valence-corrected chi connectivity index (χ4v) is 9.72. The summed E-state index contributed by atoms with van der Waals surface area (Å²) in [4.78, 5) is 69.7. The number of piperidine rings is 1. The molecule has 1 aliphatic carbocycles. The summed E-state index contributed by atoms with van der Waals surface area (Å²) in [7, 11) is 2.11. The summed E-state index contributed by atoms with van der Waals surface area (Å²) < 4.78 is 1.45. The number of aromatic nitrogens is 3. The van der Waals surface area contributed by atoms with Gasteiger partial charge in [0.15, 0.2) is 5.78 Å². The Labute approximate surface area is 368 Å². The number of carbonyl (C=O) groups excluding carboxylic acids is 3. The van der Waals surface area contributed by atoms with E-state index in [-0.39, 0.29) is 35.6 Å². The summed E-state index contributed by atoms with van der Waals surface area (Å²) in [5.41, 5.74) is 4.29. The Morgan fingerprint density at radius 2 is 1.63 bits per heavy atom. The third-order valence-electron chi connectivity index (χ3n) is 13.2. The molecule has 12 nitrogen and oxygen atoms in total. The molecule has 4 heterocycles. The summed E-state index contributed by atoms with van der Waals surface area (Å²) in [6, 6.07) is 20.8. The molecule has 62 heavy (non-hydrogen) atoms. The Morgan fingerprint density at radius 3 is 2.42 bits per heavy atom. The Morgan fingerprint density at radius 1 is 0.871 bits per heavy atom. The number of fused-ring (bicyclic) bond motifs is 3. The minimum Gasteiger partial charge on any atom is -0.388 e. The molecule has 1 atom stereocenters. The molecule has 0 saturated carbocycles. The van der Waals surface area contributed by atoms with Crippen molar-refractivity contribution in [2.75, 3.05) is 58.2 Å². The van der Waals surface area contributed by atoms with Crippen LogP contribution in [0.1, 0.15) is 85.0 Å². The van der Waals surface area contributed by atoms with Crippen LogP contribution in [0.15, 0.2) is 77.9 Å². The number of Topliss-reactive ketones (excluding diaryl/α,β-unsaturated/α-hetero) is 1. The van der Waals surface area contributed by atoms with Gasteiger partial charge in [0.25, 0.3) is 5.56 Å². The Balaban J connectivity index is 0.845. The van der Waals surface area contributed by atoms with Crippen LogP contribution >= 0.6 is 11.6 Å². The molecule has 2 aliphatic heterocycles. The van der Waals surface area contributed by atoms with Gasteiger partial charge in [0.2, 0.25) is 11.8 Å². The van der Waals surface area contributed by atoms with Crippen molar-refractivity contribution in [2.45, 2.75) is 89.2 Å². The van der Waals surface area contributed by atoms with Gasteiger partial charge < -0.3 is 25.1 Å². The normalized spacial score (nSPS) is 17.5. The lowest BCUT2D eigenvalue weighted by Crippen LogP contribution is -2.51. The fraction of sp³-hybridized carbons (Fsp3) is 0.469. The Bertz CT molecular complexity index is 2480.